The van der Waals surface area contributed by atoms with Crippen LogP contribution in [0, 0.1) is 12.8 Å². The summed E-state index contributed by atoms with van der Waals surface area (Å²) in [6.07, 6.45) is 3.99. The summed E-state index contributed by atoms with van der Waals surface area (Å²) in [5, 5.41) is 0. The van der Waals surface area contributed by atoms with Gasteiger partial charge in [-0.2, -0.15) is 0 Å². The molecule has 3 saturated heterocycles. The Kier molecular flexibility index (Phi) is 5.38. The number of nitrogens with zero attached hydrogens (tertiary/aromatic N) is 4. The summed E-state index contributed by atoms with van der Waals surface area (Å²) in [6, 6.07) is 3.93. The molecule has 0 aromatic carbocycles. The van der Waals surface area contributed by atoms with E-state index in [1.54, 1.807) is 6.20 Å². The van der Waals surface area contributed by atoms with Gasteiger partial charge in [0.15, 0.2) is 0 Å². The Morgan fingerprint density at radius 2 is 2.04 bits per heavy atom. The molecule has 152 valence electrons. The van der Waals surface area contributed by atoms with E-state index in [0.717, 1.165) is 30.9 Å². The molecule has 1 atom stereocenters. The van der Waals surface area contributed by atoms with Crippen molar-refractivity contribution in [3.05, 3.63) is 24.0 Å². The minimum Gasteiger partial charge on any atom is -0.381 e. The number of piperidine rings is 1. The van der Waals surface area contributed by atoms with Gasteiger partial charge in [-0.1, -0.05) is 6.92 Å². The van der Waals surface area contributed by atoms with Crippen molar-refractivity contribution in [3.63, 3.8) is 0 Å². The van der Waals surface area contributed by atoms with E-state index < -0.39 is 5.54 Å². The Balaban J connectivity index is 1.51. The number of likely N-dealkylation sites (N-methyl/N-ethyl adjacent to an activating group) is 1. The number of carbonyl (C=O) groups is 2. The lowest BCUT2D eigenvalue weighted by atomic mass is 9.82. The van der Waals surface area contributed by atoms with Gasteiger partial charge in [0.1, 0.15) is 5.54 Å². The maximum absolute atomic E-state index is 13.6. The molecule has 3 aliphatic heterocycles. The van der Waals surface area contributed by atoms with Crippen LogP contribution < -0.4 is 4.90 Å². The fourth-order valence-electron chi connectivity index (χ4n) is 4.86. The van der Waals surface area contributed by atoms with Crippen molar-refractivity contribution in [3.8, 4) is 0 Å². The number of ether oxygens (including phenoxy) is 1. The van der Waals surface area contributed by atoms with Crippen molar-refractivity contribution in [2.45, 2.75) is 38.6 Å². The zero-order valence-corrected chi connectivity index (χ0v) is 16.9. The molecule has 0 saturated carbocycles. The maximum Gasteiger partial charge on any atom is 0.247 e. The number of pyridine rings is 1. The second-order valence-corrected chi connectivity index (χ2v) is 8.11. The molecule has 3 fully saturated rings. The number of rotatable bonds is 3. The number of carbonyl (C=O) groups excluding carboxylic acids is 2. The van der Waals surface area contributed by atoms with Crippen LogP contribution in [-0.2, 0) is 14.3 Å². The average Bonchev–Trinajstić information content (AvgIpc) is 3.26. The van der Waals surface area contributed by atoms with Crippen LogP contribution in [0.5, 0.6) is 0 Å². The number of amides is 2. The van der Waals surface area contributed by atoms with Crippen molar-refractivity contribution in [1.29, 1.82) is 0 Å². The van der Waals surface area contributed by atoms with Gasteiger partial charge in [-0.15, -0.1) is 0 Å². The number of piperazine rings is 1. The topological polar surface area (TPSA) is 66.0 Å². The molecule has 7 nitrogen and oxygen atoms in total. The summed E-state index contributed by atoms with van der Waals surface area (Å²) >= 11 is 0. The molecule has 0 aliphatic carbocycles. The fourth-order valence-corrected chi connectivity index (χ4v) is 4.86. The highest BCUT2D eigenvalue weighted by molar-refractivity contribution is 6.01. The summed E-state index contributed by atoms with van der Waals surface area (Å²) in [4.78, 5) is 36.9. The number of aromatic nitrogens is 1. The van der Waals surface area contributed by atoms with E-state index in [4.69, 9.17) is 4.74 Å². The van der Waals surface area contributed by atoms with Gasteiger partial charge in [0, 0.05) is 38.5 Å². The molecular formula is C21H30N4O3. The Morgan fingerprint density at radius 1 is 1.25 bits per heavy atom. The molecule has 4 heterocycles. The van der Waals surface area contributed by atoms with Crippen molar-refractivity contribution in [2.75, 3.05) is 50.8 Å². The van der Waals surface area contributed by atoms with Crippen LogP contribution in [0.15, 0.2) is 18.3 Å². The molecular weight excluding hydrogens is 356 g/mol. The van der Waals surface area contributed by atoms with Gasteiger partial charge in [0.2, 0.25) is 11.8 Å². The monoisotopic (exact) mass is 386 g/mol. The molecule has 4 rings (SSSR count). The number of hydrogen-bond acceptors (Lipinski definition) is 5. The van der Waals surface area contributed by atoms with Crippen molar-refractivity contribution in [1.82, 2.24) is 14.8 Å². The molecule has 1 aromatic rings. The quantitative estimate of drug-likeness (QED) is 0.787. The number of anilines is 1. The molecule has 0 radical (unpaired) electrons. The summed E-state index contributed by atoms with van der Waals surface area (Å²) in [6.45, 7) is 8.92. The Labute approximate surface area is 166 Å². The first kappa shape index (κ1) is 19.3. The lowest BCUT2D eigenvalue weighted by Gasteiger charge is -2.52. The van der Waals surface area contributed by atoms with E-state index in [9.17, 15) is 9.59 Å². The fraction of sp³-hybridized carbons (Fsp3) is 0.667. The lowest BCUT2D eigenvalue weighted by molar-refractivity contribution is -0.145. The second kappa shape index (κ2) is 7.79. The predicted octanol–water partition coefficient (Wildman–Crippen LogP) is 1.46. The zero-order valence-electron chi connectivity index (χ0n) is 16.9. The Hall–Kier alpha value is -1.99. The molecule has 1 aromatic heterocycles. The Bertz CT molecular complexity index is 722. The standard InChI is InChI=1S/C21H30N4O3/c1-3-24-11-12-25(18-5-4-16(2)22-14-18)20(27)21(24)7-9-23(10-8-21)19(26)17-6-13-28-15-17/h4-5,14,17H,3,6-13,15H2,1-2H3/t17-/m0/s1. The normalized spacial score (nSPS) is 25.5. The summed E-state index contributed by atoms with van der Waals surface area (Å²) in [5.74, 6) is 0.342. The van der Waals surface area contributed by atoms with Crippen molar-refractivity contribution in [2.24, 2.45) is 5.92 Å². The number of aryl methyl sites for hydroxylation is 1. The number of likely N-dealkylation sites (tertiary alicyclic amines) is 1. The SMILES string of the molecule is CCN1CCN(c2ccc(C)nc2)C(=O)C12CCN(C(=O)[C@H]1CCOC1)CC2. The van der Waals surface area contributed by atoms with Crippen LogP contribution in [0.3, 0.4) is 0 Å². The van der Waals surface area contributed by atoms with E-state index in [0.29, 0.717) is 45.7 Å². The highest BCUT2D eigenvalue weighted by atomic mass is 16.5. The summed E-state index contributed by atoms with van der Waals surface area (Å²) in [7, 11) is 0. The highest BCUT2D eigenvalue weighted by Gasteiger charge is 2.51. The first-order valence-corrected chi connectivity index (χ1v) is 10.4. The van der Waals surface area contributed by atoms with Gasteiger partial charge in [0.25, 0.3) is 0 Å². The average molecular weight is 386 g/mol. The summed E-state index contributed by atoms with van der Waals surface area (Å²) < 4.78 is 5.38. The van der Waals surface area contributed by atoms with Crippen LogP contribution in [0.25, 0.3) is 0 Å². The van der Waals surface area contributed by atoms with Crippen molar-refractivity contribution < 1.29 is 14.3 Å². The lowest BCUT2D eigenvalue weighted by Crippen LogP contribution is -2.69. The molecule has 1 spiro atoms. The van der Waals surface area contributed by atoms with Gasteiger partial charge < -0.3 is 14.5 Å². The largest absolute Gasteiger partial charge is 0.381 e. The molecule has 28 heavy (non-hydrogen) atoms. The van der Waals surface area contributed by atoms with Gasteiger partial charge in [0.05, 0.1) is 24.4 Å². The van der Waals surface area contributed by atoms with Gasteiger partial charge >= 0.3 is 0 Å². The van der Waals surface area contributed by atoms with Crippen LogP contribution >= 0.6 is 0 Å². The van der Waals surface area contributed by atoms with Gasteiger partial charge in [-0.25, -0.2) is 0 Å². The number of hydrogen-bond donors (Lipinski definition) is 0. The maximum atomic E-state index is 13.6. The molecule has 0 unspecified atom stereocenters. The molecule has 0 N–H and O–H groups in total. The molecule has 2 amide bonds. The third-order valence-electron chi connectivity index (χ3n) is 6.61. The Morgan fingerprint density at radius 3 is 2.64 bits per heavy atom. The molecule has 0 bridgehead atoms. The first-order valence-electron chi connectivity index (χ1n) is 10.4. The summed E-state index contributed by atoms with van der Waals surface area (Å²) in [5.41, 5.74) is 1.30. The second-order valence-electron chi connectivity index (χ2n) is 8.11. The minimum atomic E-state index is -0.513. The minimum absolute atomic E-state index is 0.00600. The molecule has 3 aliphatic rings. The first-order chi connectivity index (χ1) is 13.5. The van der Waals surface area contributed by atoms with Crippen LogP contribution in [0.2, 0.25) is 0 Å². The van der Waals surface area contributed by atoms with E-state index in [1.165, 1.54) is 0 Å². The molecule has 7 heteroatoms. The van der Waals surface area contributed by atoms with E-state index >= 15 is 0 Å². The van der Waals surface area contributed by atoms with E-state index in [2.05, 4.69) is 16.8 Å². The van der Waals surface area contributed by atoms with Crippen LogP contribution in [0.4, 0.5) is 5.69 Å². The third-order valence-corrected chi connectivity index (χ3v) is 6.61. The predicted molar refractivity (Wildman–Crippen MR) is 106 cm³/mol. The van der Waals surface area contributed by atoms with Crippen molar-refractivity contribution >= 4 is 17.5 Å². The zero-order chi connectivity index (χ0) is 19.7. The van der Waals surface area contributed by atoms with Crippen LogP contribution in [0.1, 0.15) is 31.9 Å². The van der Waals surface area contributed by atoms with E-state index in [1.807, 2.05) is 28.9 Å². The highest BCUT2D eigenvalue weighted by Crippen LogP contribution is 2.36. The van der Waals surface area contributed by atoms with Crippen LogP contribution in [-0.4, -0.2) is 78.1 Å². The third kappa shape index (κ3) is 3.31. The van der Waals surface area contributed by atoms with E-state index in [-0.39, 0.29) is 17.7 Å². The van der Waals surface area contributed by atoms with Gasteiger partial charge in [-0.05, 0) is 44.9 Å². The smallest absolute Gasteiger partial charge is 0.247 e. The van der Waals surface area contributed by atoms with Gasteiger partial charge in [-0.3, -0.25) is 19.5 Å².